The standard InChI is InChI=1S/C39H62O5Si/c1-7-8-9-11-32-12-14-33(15-13-32)34-16-18-35(19-17-34)36-20-22-37(23-21-36)42-24-10-27-45(6,28-25-43-38(40)30(2)3)29-26-44-39(41)31(4)5/h20-23,32-35H,2,4,7-19,24-29H2,1,3,5-6H3. The lowest BCUT2D eigenvalue weighted by Gasteiger charge is -2.38. The van der Waals surface area contributed by atoms with Crippen molar-refractivity contribution in [1.82, 2.24) is 0 Å². The number of rotatable bonds is 19. The molecular weight excluding hydrogens is 577 g/mol. The largest absolute Gasteiger partial charge is 0.494 e. The van der Waals surface area contributed by atoms with E-state index in [2.05, 4.69) is 50.9 Å². The van der Waals surface area contributed by atoms with E-state index in [1.54, 1.807) is 13.8 Å². The van der Waals surface area contributed by atoms with Crippen molar-refractivity contribution in [2.75, 3.05) is 19.8 Å². The van der Waals surface area contributed by atoms with Crippen molar-refractivity contribution in [3.63, 3.8) is 0 Å². The molecule has 0 N–H and O–H groups in total. The molecule has 0 spiro atoms. The van der Waals surface area contributed by atoms with Crippen molar-refractivity contribution in [3.05, 3.63) is 54.1 Å². The van der Waals surface area contributed by atoms with E-state index in [4.69, 9.17) is 14.2 Å². The number of hydrogen-bond acceptors (Lipinski definition) is 5. The normalized spacial score (nSPS) is 22.0. The molecule has 0 atom stereocenters. The van der Waals surface area contributed by atoms with Gasteiger partial charge in [-0.25, -0.2) is 9.59 Å². The minimum atomic E-state index is -1.85. The Morgan fingerprint density at radius 2 is 1.27 bits per heavy atom. The fraction of sp³-hybridized carbons (Fsp3) is 0.692. The number of hydrogen-bond donors (Lipinski definition) is 0. The third kappa shape index (κ3) is 13.1. The van der Waals surface area contributed by atoms with Crippen LogP contribution in [0.25, 0.3) is 0 Å². The first kappa shape index (κ1) is 37.1. The monoisotopic (exact) mass is 638 g/mol. The van der Waals surface area contributed by atoms with Gasteiger partial charge in [-0.05, 0) is 112 Å². The van der Waals surface area contributed by atoms with Crippen molar-refractivity contribution in [2.45, 2.75) is 135 Å². The van der Waals surface area contributed by atoms with Crippen LogP contribution in [-0.4, -0.2) is 39.8 Å². The molecule has 0 radical (unpaired) electrons. The Morgan fingerprint density at radius 1 is 0.733 bits per heavy atom. The van der Waals surface area contributed by atoms with Gasteiger partial charge in [-0.2, -0.15) is 0 Å². The summed E-state index contributed by atoms with van der Waals surface area (Å²) in [5, 5.41) is 0. The summed E-state index contributed by atoms with van der Waals surface area (Å²) in [4.78, 5) is 23.7. The summed E-state index contributed by atoms with van der Waals surface area (Å²) in [6.07, 6.45) is 17.9. The molecular formula is C39H62O5Si. The molecule has 0 heterocycles. The highest BCUT2D eigenvalue weighted by Crippen LogP contribution is 2.44. The Hall–Kier alpha value is -2.34. The molecule has 6 heteroatoms. The average molecular weight is 639 g/mol. The van der Waals surface area contributed by atoms with Gasteiger partial charge in [0.15, 0.2) is 0 Å². The third-order valence-electron chi connectivity index (χ3n) is 10.7. The van der Waals surface area contributed by atoms with Crippen LogP contribution in [0.2, 0.25) is 24.7 Å². The Kier molecular flexibility index (Phi) is 16.0. The summed E-state index contributed by atoms with van der Waals surface area (Å²) in [6.45, 7) is 16.6. The predicted molar refractivity (Wildman–Crippen MR) is 188 cm³/mol. The van der Waals surface area contributed by atoms with Crippen molar-refractivity contribution in [1.29, 1.82) is 0 Å². The molecule has 2 fully saturated rings. The zero-order chi connectivity index (χ0) is 32.7. The zero-order valence-corrected chi connectivity index (χ0v) is 30.0. The maximum absolute atomic E-state index is 11.9. The summed E-state index contributed by atoms with van der Waals surface area (Å²) in [5.41, 5.74) is 2.28. The van der Waals surface area contributed by atoms with Crippen molar-refractivity contribution >= 4 is 20.0 Å². The van der Waals surface area contributed by atoms with Crippen molar-refractivity contribution < 1.29 is 23.8 Å². The molecule has 0 saturated heterocycles. The number of unbranched alkanes of at least 4 members (excludes halogenated alkanes) is 2. The minimum absolute atomic E-state index is 0.352. The Morgan fingerprint density at radius 3 is 1.78 bits per heavy atom. The molecule has 2 aliphatic carbocycles. The van der Waals surface area contributed by atoms with Crippen LogP contribution in [0.15, 0.2) is 48.6 Å². The number of esters is 2. The van der Waals surface area contributed by atoms with Gasteiger partial charge in [-0.15, -0.1) is 0 Å². The quantitative estimate of drug-likeness (QED) is 0.0653. The topological polar surface area (TPSA) is 61.8 Å². The molecule has 1 aromatic carbocycles. The lowest BCUT2D eigenvalue weighted by atomic mass is 9.68. The smallest absolute Gasteiger partial charge is 0.333 e. The summed E-state index contributed by atoms with van der Waals surface area (Å²) >= 11 is 0. The van der Waals surface area contributed by atoms with E-state index in [1.807, 2.05) is 0 Å². The van der Waals surface area contributed by atoms with Crippen LogP contribution in [0.4, 0.5) is 0 Å². The molecule has 0 bridgehead atoms. The van der Waals surface area contributed by atoms with Crippen LogP contribution in [0, 0.1) is 17.8 Å². The summed E-state index contributed by atoms with van der Waals surface area (Å²) in [7, 11) is -1.85. The Bertz CT molecular complexity index is 1030. The highest BCUT2D eigenvalue weighted by molar-refractivity contribution is 6.78. The lowest BCUT2D eigenvalue weighted by molar-refractivity contribution is -0.139. The van der Waals surface area contributed by atoms with Gasteiger partial charge < -0.3 is 14.2 Å². The van der Waals surface area contributed by atoms with Crippen molar-refractivity contribution in [2.24, 2.45) is 17.8 Å². The van der Waals surface area contributed by atoms with E-state index in [1.165, 1.54) is 82.6 Å². The van der Waals surface area contributed by atoms with Gasteiger partial charge in [0.25, 0.3) is 0 Å². The van der Waals surface area contributed by atoms with Crippen molar-refractivity contribution in [3.8, 4) is 5.75 Å². The predicted octanol–water partition coefficient (Wildman–Crippen LogP) is 10.4. The zero-order valence-electron chi connectivity index (χ0n) is 29.0. The first-order valence-corrected chi connectivity index (χ1v) is 21.1. The van der Waals surface area contributed by atoms with Gasteiger partial charge in [0.1, 0.15) is 5.75 Å². The molecule has 2 saturated carbocycles. The molecule has 0 unspecified atom stereocenters. The second-order valence-corrected chi connectivity index (χ2v) is 19.7. The van der Waals surface area contributed by atoms with E-state index in [9.17, 15) is 9.59 Å². The van der Waals surface area contributed by atoms with Crippen LogP contribution < -0.4 is 4.74 Å². The maximum Gasteiger partial charge on any atom is 0.333 e. The Balaban J connectivity index is 1.39. The molecule has 2 aliphatic rings. The fourth-order valence-corrected chi connectivity index (χ4v) is 10.4. The van der Waals surface area contributed by atoms with Crippen LogP contribution in [0.3, 0.4) is 0 Å². The summed E-state index contributed by atoms with van der Waals surface area (Å²) < 4.78 is 17.0. The number of carbonyl (C=O) groups is 2. The van der Waals surface area contributed by atoms with Crippen LogP contribution >= 0.6 is 0 Å². The minimum Gasteiger partial charge on any atom is -0.494 e. The first-order valence-electron chi connectivity index (χ1n) is 18.0. The molecule has 3 rings (SSSR count). The van der Waals surface area contributed by atoms with Gasteiger partial charge in [0.2, 0.25) is 0 Å². The fourth-order valence-electron chi connectivity index (χ4n) is 7.48. The summed E-state index contributed by atoms with van der Waals surface area (Å²) in [5.74, 6) is 3.85. The van der Waals surface area contributed by atoms with E-state index in [0.29, 0.717) is 36.9 Å². The number of ether oxygens (including phenoxy) is 3. The van der Waals surface area contributed by atoms with Gasteiger partial charge in [-0.3, -0.25) is 0 Å². The van der Waals surface area contributed by atoms with E-state index >= 15 is 0 Å². The number of carbonyl (C=O) groups excluding carboxylic acids is 2. The van der Waals surface area contributed by atoms with Crippen LogP contribution in [0.5, 0.6) is 5.75 Å². The van der Waals surface area contributed by atoms with Gasteiger partial charge in [0.05, 0.1) is 27.9 Å². The second kappa shape index (κ2) is 19.3. The molecule has 0 aromatic heterocycles. The van der Waals surface area contributed by atoms with E-state index in [0.717, 1.165) is 48.1 Å². The average Bonchev–Trinajstić information content (AvgIpc) is 3.04. The first-order chi connectivity index (χ1) is 21.6. The van der Waals surface area contributed by atoms with E-state index < -0.39 is 8.07 Å². The molecule has 5 nitrogen and oxygen atoms in total. The van der Waals surface area contributed by atoms with Crippen LogP contribution in [-0.2, 0) is 19.1 Å². The Labute approximate surface area is 275 Å². The molecule has 1 aromatic rings. The highest BCUT2D eigenvalue weighted by atomic mass is 28.3. The second-order valence-electron chi connectivity index (χ2n) is 14.6. The molecule has 0 aliphatic heterocycles. The van der Waals surface area contributed by atoms with Gasteiger partial charge in [-0.1, -0.05) is 83.3 Å². The van der Waals surface area contributed by atoms with E-state index in [-0.39, 0.29) is 11.9 Å². The van der Waals surface area contributed by atoms with Crippen LogP contribution in [0.1, 0.15) is 116 Å². The SMILES string of the molecule is C=C(C)C(=O)OCC[Si](C)(CCCOc1ccc(C2CCC(C3CCC(CCCCC)CC3)CC2)cc1)CCOC(=O)C(=C)C. The maximum atomic E-state index is 11.9. The van der Waals surface area contributed by atoms with Gasteiger partial charge in [0, 0.05) is 11.1 Å². The summed E-state index contributed by atoms with van der Waals surface area (Å²) in [6, 6.07) is 11.5. The third-order valence-corrected chi connectivity index (χ3v) is 15.0. The molecule has 45 heavy (non-hydrogen) atoms. The number of benzene rings is 1. The molecule has 0 amide bonds. The van der Waals surface area contributed by atoms with Gasteiger partial charge >= 0.3 is 11.9 Å². The molecule has 252 valence electrons. The highest BCUT2D eigenvalue weighted by Gasteiger charge is 2.31. The lowest BCUT2D eigenvalue weighted by Crippen LogP contribution is -2.34.